The van der Waals surface area contributed by atoms with Crippen LogP contribution in [-0.2, 0) is 6.42 Å². The Morgan fingerprint density at radius 2 is 2.16 bits per heavy atom. The van der Waals surface area contributed by atoms with E-state index in [1.54, 1.807) is 10.7 Å². The van der Waals surface area contributed by atoms with Crippen LogP contribution in [0, 0.1) is 0 Å². The summed E-state index contributed by atoms with van der Waals surface area (Å²) in [6, 6.07) is 5.52. The molecule has 19 heavy (non-hydrogen) atoms. The van der Waals surface area contributed by atoms with E-state index in [4.69, 9.17) is 11.6 Å². The van der Waals surface area contributed by atoms with Gasteiger partial charge in [-0.1, -0.05) is 46.6 Å². The molecule has 100 valence electrons. The largest absolute Gasteiger partial charge is 0.292 e. The predicted molar refractivity (Wildman–Crippen MR) is 78.1 cm³/mol. The molecular weight excluding hydrogens is 330 g/mol. The van der Waals surface area contributed by atoms with Gasteiger partial charge >= 0.3 is 0 Å². The van der Waals surface area contributed by atoms with Crippen LogP contribution in [0.15, 0.2) is 22.7 Å². The molecule has 0 fully saturated rings. The molecule has 0 aliphatic rings. The summed E-state index contributed by atoms with van der Waals surface area (Å²) in [6.07, 6.45) is 1.08. The maximum Gasteiger partial charge on any atom is 0.184 e. The first-order chi connectivity index (χ1) is 9.08. The standard InChI is InChI=1S/C13H13BrClN3O/c1-3-10-13(12(19)4-2)16-17-18(10)11-6-5-8(14)7-9(11)15/h5-7H,3-4H2,1-2H3. The van der Waals surface area contributed by atoms with E-state index in [0.717, 1.165) is 15.9 Å². The van der Waals surface area contributed by atoms with E-state index in [1.807, 2.05) is 26.0 Å². The Bertz CT molecular complexity index is 624. The van der Waals surface area contributed by atoms with Gasteiger partial charge < -0.3 is 0 Å². The van der Waals surface area contributed by atoms with E-state index in [1.165, 1.54) is 0 Å². The van der Waals surface area contributed by atoms with E-state index >= 15 is 0 Å². The van der Waals surface area contributed by atoms with Crippen LogP contribution in [0.25, 0.3) is 5.69 Å². The van der Waals surface area contributed by atoms with Gasteiger partial charge in [-0.05, 0) is 24.6 Å². The normalized spacial score (nSPS) is 10.7. The van der Waals surface area contributed by atoms with Crippen LogP contribution in [-0.4, -0.2) is 20.8 Å². The highest BCUT2D eigenvalue weighted by atomic mass is 79.9. The fourth-order valence-electron chi connectivity index (χ4n) is 1.85. The van der Waals surface area contributed by atoms with Crippen molar-refractivity contribution in [3.63, 3.8) is 0 Å². The van der Waals surface area contributed by atoms with Crippen molar-refractivity contribution < 1.29 is 4.79 Å². The summed E-state index contributed by atoms with van der Waals surface area (Å²) in [6.45, 7) is 3.78. The first-order valence-electron chi connectivity index (χ1n) is 6.01. The van der Waals surface area contributed by atoms with Gasteiger partial charge in [-0.15, -0.1) is 5.10 Å². The number of carbonyl (C=O) groups is 1. The van der Waals surface area contributed by atoms with Gasteiger partial charge in [0.1, 0.15) is 0 Å². The molecule has 1 aromatic heterocycles. The highest BCUT2D eigenvalue weighted by Gasteiger charge is 2.19. The average Bonchev–Trinajstić information content (AvgIpc) is 2.81. The molecule has 0 aliphatic carbocycles. The zero-order valence-corrected chi connectivity index (χ0v) is 13.0. The third-order valence-corrected chi connectivity index (χ3v) is 3.62. The van der Waals surface area contributed by atoms with Crippen molar-refractivity contribution in [2.75, 3.05) is 0 Å². The summed E-state index contributed by atoms with van der Waals surface area (Å²) >= 11 is 9.57. The van der Waals surface area contributed by atoms with Gasteiger partial charge in [-0.3, -0.25) is 4.79 Å². The lowest BCUT2D eigenvalue weighted by molar-refractivity contribution is 0.0982. The zero-order chi connectivity index (χ0) is 14.0. The molecule has 0 saturated carbocycles. The van der Waals surface area contributed by atoms with E-state index in [0.29, 0.717) is 23.6 Å². The van der Waals surface area contributed by atoms with E-state index in [-0.39, 0.29) is 5.78 Å². The van der Waals surface area contributed by atoms with Crippen molar-refractivity contribution >= 4 is 33.3 Å². The van der Waals surface area contributed by atoms with Crippen LogP contribution in [0.1, 0.15) is 36.5 Å². The number of rotatable bonds is 4. The molecule has 0 N–H and O–H groups in total. The number of nitrogens with zero attached hydrogens (tertiary/aromatic N) is 3. The van der Waals surface area contributed by atoms with Crippen molar-refractivity contribution in [3.8, 4) is 5.69 Å². The minimum absolute atomic E-state index is 0.00339. The van der Waals surface area contributed by atoms with Gasteiger partial charge in [0.25, 0.3) is 0 Å². The van der Waals surface area contributed by atoms with Crippen molar-refractivity contribution in [3.05, 3.63) is 39.1 Å². The maximum absolute atomic E-state index is 11.8. The van der Waals surface area contributed by atoms with Crippen LogP contribution in [0.3, 0.4) is 0 Å². The van der Waals surface area contributed by atoms with Gasteiger partial charge in [-0.2, -0.15) is 0 Å². The van der Waals surface area contributed by atoms with Gasteiger partial charge in [0.05, 0.1) is 16.4 Å². The number of halogens is 2. The Morgan fingerprint density at radius 1 is 1.42 bits per heavy atom. The van der Waals surface area contributed by atoms with Crippen LogP contribution in [0.5, 0.6) is 0 Å². The van der Waals surface area contributed by atoms with Crippen LogP contribution < -0.4 is 0 Å². The summed E-state index contributed by atoms with van der Waals surface area (Å²) in [7, 11) is 0. The summed E-state index contributed by atoms with van der Waals surface area (Å²) in [5.41, 5.74) is 1.95. The number of benzene rings is 1. The fourth-order valence-corrected chi connectivity index (χ4v) is 2.60. The molecule has 2 aromatic rings. The first kappa shape index (κ1) is 14.2. The molecule has 0 unspecified atom stereocenters. The fraction of sp³-hybridized carbons (Fsp3) is 0.308. The number of ketones is 1. The van der Waals surface area contributed by atoms with Crippen molar-refractivity contribution in [2.45, 2.75) is 26.7 Å². The Hall–Kier alpha value is -1.20. The van der Waals surface area contributed by atoms with E-state index in [9.17, 15) is 4.79 Å². The zero-order valence-electron chi connectivity index (χ0n) is 10.7. The second kappa shape index (κ2) is 5.84. The Balaban J connectivity index is 2.57. The Morgan fingerprint density at radius 3 is 2.74 bits per heavy atom. The maximum atomic E-state index is 11.8. The third kappa shape index (κ3) is 2.72. The van der Waals surface area contributed by atoms with Gasteiger partial charge in [0.2, 0.25) is 0 Å². The molecule has 4 nitrogen and oxygen atoms in total. The van der Waals surface area contributed by atoms with Crippen molar-refractivity contribution in [1.82, 2.24) is 15.0 Å². The SMILES string of the molecule is CCC(=O)c1nnn(-c2ccc(Br)cc2Cl)c1CC. The summed E-state index contributed by atoms with van der Waals surface area (Å²) in [4.78, 5) is 11.8. The quantitative estimate of drug-likeness (QED) is 0.793. The highest BCUT2D eigenvalue weighted by Crippen LogP contribution is 2.26. The minimum Gasteiger partial charge on any atom is -0.292 e. The number of hydrogen-bond donors (Lipinski definition) is 0. The summed E-state index contributed by atoms with van der Waals surface area (Å²) in [5, 5.41) is 8.61. The molecule has 0 spiro atoms. The molecule has 0 aliphatic heterocycles. The predicted octanol–water partition coefficient (Wildman–Crippen LogP) is 3.84. The Kier molecular flexibility index (Phi) is 4.37. The topological polar surface area (TPSA) is 47.8 Å². The molecule has 0 saturated heterocycles. The van der Waals surface area contributed by atoms with Crippen molar-refractivity contribution in [1.29, 1.82) is 0 Å². The minimum atomic E-state index is -0.00339. The third-order valence-electron chi connectivity index (χ3n) is 2.82. The average molecular weight is 343 g/mol. The lowest BCUT2D eigenvalue weighted by atomic mass is 10.1. The lowest BCUT2D eigenvalue weighted by Gasteiger charge is -2.07. The van der Waals surface area contributed by atoms with E-state index < -0.39 is 0 Å². The number of hydrogen-bond acceptors (Lipinski definition) is 3. The van der Waals surface area contributed by atoms with Crippen LogP contribution >= 0.6 is 27.5 Å². The molecule has 1 aromatic carbocycles. The molecule has 0 bridgehead atoms. The molecule has 0 atom stereocenters. The van der Waals surface area contributed by atoms with Crippen molar-refractivity contribution in [2.24, 2.45) is 0 Å². The smallest absolute Gasteiger partial charge is 0.184 e. The second-order valence-corrected chi connectivity index (χ2v) is 5.35. The van der Waals surface area contributed by atoms with Crippen LogP contribution in [0.2, 0.25) is 5.02 Å². The number of aromatic nitrogens is 3. The summed E-state index contributed by atoms with van der Waals surface area (Å²) in [5.74, 6) is -0.00339. The van der Waals surface area contributed by atoms with Gasteiger partial charge in [0, 0.05) is 10.9 Å². The molecule has 2 rings (SSSR count). The molecule has 1 heterocycles. The molecular formula is C13H13BrClN3O. The monoisotopic (exact) mass is 341 g/mol. The molecule has 0 radical (unpaired) electrons. The van der Waals surface area contributed by atoms with Gasteiger partial charge in [0.15, 0.2) is 11.5 Å². The molecule has 6 heteroatoms. The Labute approximate surface area is 124 Å². The lowest BCUT2D eigenvalue weighted by Crippen LogP contribution is -2.06. The summed E-state index contributed by atoms with van der Waals surface area (Å²) < 4.78 is 2.53. The molecule has 0 amide bonds. The second-order valence-electron chi connectivity index (χ2n) is 4.02. The number of carbonyl (C=O) groups excluding carboxylic acids is 1. The van der Waals surface area contributed by atoms with Crippen LogP contribution in [0.4, 0.5) is 0 Å². The highest BCUT2D eigenvalue weighted by molar-refractivity contribution is 9.10. The van der Waals surface area contributed by atoms with Gasteiger partial charge in [-0.25, -0.2) is 4.68 Å². The number of Topliss-reactive ketones (excluding diaryl/α,β-unsaturated/α-hetero) is 1. The van der Waals surface area contributed by atoms with E-state index in [2.05, 4.69) is 26.2 Å². The first-order valence-corrected chi connectivity index (χ1v) is 7.18.